The van der Waals surface area contributed by atoms with Gasteiger partial charge >= 0.3 is 5.97 Å². The van der Waals surface area contributed by atoms with Gasteiger partial charge in [0.05, 0.1) is 4.90 Å². The minimum absolute atomic E-state index is 0.0721. The summed E-state index contributed by atoms with van der Waals surface area (Å²) < 4.78 is 26.6. The second-order valence-electron chi connectivity index (χ2n) is 3.97. The van der Waals surface area contributed by atoms with Gasteiger partial charge in [-0.2, -0.15) is 0 Å². The predicted molar refractivity (Wildman–Crippen MR) is 72.3 cm³/mol. The van der Waals surface area contributed by atoms with Crippen molar-refractivity contribution in [1.82, 2.24) is 4.72 Å². The van der Waals surface area contributed by atoms with Crippen LogP contribution in [0.2, 0.25) is 0 Å². The van der Waals surface area contributed by atoms with Gasteiger partial charge in [0, 0.05) is 11.0 Å². The van der Waals surface area contributed by atoms with Gasteiger partial charge in [-0.1, -0.05) is 6.07 Å². The summed E-state index contributed by atoms with van der Waals surface area (Å²) >= 11 is 3.16. The molecular weight excluding hydrogens is 338 g/mol. The molecule has 0 radical (unpaired) electrons. The average molecular weight is 352 g/mol. The van der Waals surface area contributed by atoms with Gasteiger partial charge < -0.3 is 10.2 Å². The lowest BCUT2D eigenvalue weighted by Crippen LogP contribution is -2.30. The molecule has 0 bridgehead atoms. The molecule has 106 valence electrons. The first-order chi connectivity index (χ1) is 8.74. The molecule has 0 aromatic heterocycles. The van der Waals surface area contributed by atoms with Gasteiger partial charge in [-0.15, -0.1) is 0 Å². The number of aliphatic hydroxyl groups excluding tert-OH is 1. The Morgan fingerprint density at radius 3 is 2.63 bits per heavy atom. The predicted octanol–water partition coefficient (Wildman–Crippen LogP) is 0.871. The maximum Gasteiger partial charge on any atom is 0.332 e. The molecule has 8 heteroatoms. The zero-order valence-electron chi connectivity index (χ0n) is 10.1. The topological polar surface area (TPSA) is 104 Å². The monoisotopic (exact) mass is 351 g/mol. The summed E-state index contributed by atoms with van der Waals surface area (Å²) in [6.07, 6.45) is -1.78. The zero-order valence-corrected chi connectivity index (χ0v) is 12.5. The third-order valence-corrected chi connectivity index (χ3v) is 4.81. The van der Waals surface area contributed by atoms with E-state index in [0.717, 1.165) is 5.56 Å². The first-order valence-corrected chi connectivity index (χ1v) is 7.68. The average Bonchev–Trinajstić information content (AvgIpc) is 2.27. The molecule has 0 aliphatic rings. The lowest BCUT2D eigenvalue weighted by molar-refractivity contribution is -0.146. The molecule has 1 aromatic rings. The highest BCUT2D eigenvalue weighted by atomic mass is 79.9. The van der Waals surface area contributed by atoms with Gasteiger partial charge in [-0.3, -0.25) is 0 Å². The van der Waals surface area contributed by atoms with Gasteiger partial charge in [-0.05, 0) is 47.0 Å². The number of halogens is 1. The molecule has 0 spiro atoms. The fourth-order valence-corrected chi connectivity index (χ4v) is 3.59. The molecule has 1 atom stereocenters. The number of aliphatic hydroxyl groups is 1. The third kappa shape index (κ3) is 4.57. The van der Waals surface area contributed by atoms with E-state index in [1.54, 1.807) is 12.1 Å². The molecule has 19 heavy (non-hydrogen) atoms. The number of nitrogens with one attached hydrogen (secondary N) is 1. The first-order valence-electron chi connectivity index (χ1n) is 5.41. The largest absolute Gasteiger partial charge is 0.479 e. The van der Waals surface area contributed by atoms with Crippen molar-refractivity contribution in [3.8, 4) is 0 Å². The van der Waals surface area contributed by atoms with Crippen molar-refractivity contribution in [2.75, 3.05) is 6.54 Å². The van der Waals surface area contributed by atoms with Crippen LogP contribution in [0.25, 0.3) is 0 Å². The second kappa shape index (κ2) is 6.47. The molecule has 3 N–H and O–H groups in total. The Hall–Kier alpha value is -0.960. The van der Waals surface area contributed by atoms with E-state index in [4.69, 9.17) is 10.2 Å². The van der Waals surface area contributed by atoms with Crippen LogP contribution in [0.3, 0.4) is 0 Å². The summed E-state index contributed by atoms with van der Waals surface area (Å²) in [5.41, 5.74) is 0.909. The number of aryl methyl sites for hydroxylation is 1. The van der Waals surface area contributed by atoms with Crippen molar-refractivity contribution in [2.24, 2.45) is 0 Å². The van der Waals surface area contributed by atoms with Crippen LogP contribution in [-0.2, 0) is 14.8 Å². The SMILES string of the molecule is Cc1ccc(S(=O)(=O)NCC[C@H](O)C(=O)O)c(Br)c1. The van der Waals surface area contributed by atoms with E-state index in [0.29, 0.717) is 4.47 Å². The molecule has 1 aromatic carbocycles. The summed E-state index contributed by atoms with van der Waals surface area (Å²) in [5, 5.41) is 17.5. The summed E-state index contributed by atoms with van der Waals surface area (Å²) in [5.74, 6) is -1.38. The Labute approximate surface area is 119 Å². The molecule has 0 amide bonds. The number of sulfonamides is 1. The smallest absolute Gasteiger partial charge is 0.332 e. The molecule has 0 fully saturated rings. The van der Waals surface area contributed by atoms with E-state index < -0.39 is 22.1 Å². The molecule has 1 rings (SSSR count). The molecule has 0 heterocycles. The number of carboxylic acid groups (broad SMARTS) is 1. The Balaban J connectivity index is 2.74. The van der Waals surface area contributed by atoms with Crippen molar-refractivity contribution in [1.29, 1.82) is 0 Å². The van der Waals surface area contributed by atoms with Crippen LogP contribution in [-0.4, -0.2) is 37.2 Å². The van der Waals surface area contributed by atoms with Gasteiger partial charge in [0.25, 0.3) is 0 Å². The van der Waals surface area contributed by atoms with Crippen LogP contribution in [0.5, 0.6) is 0 Å². The number of aliphatic carboxylic acids is 1. The Bertz CT molecular complexity index is 572. The van der Waals surface area contributed by atoms with Crippen LogP contribution < -0.4 is 4.72 Å². The zero-order chi connectivity index (χ0) is 14.6. The van der Waals surface area contributed by atoms with E-state index >= 15 is 0 Å². The van der Waals surface area contributed by atoms with Crippen molar-refractivity contribution in [3.05, 3.63) is 28.2 Å². The Morgan fingerprint density at radius 2 is 2.11 bits per heavy atom. The van der Waals surface area contributed by atoms with Crippen molar-refractivity contribution >= 4 is 31.9 Å². The van der Waals surface area contributed by atoms with E-state index in [1.807, 2.05) is 6.92 Å². The number of rotatable bonds is 6. The molecule has 0 unspecified atom stereocenters. The first kappa shape index (κ1) is 16.1. The van der Waals surface area contributed by atoms with Crippen molar-refractivity contribution in [3.63, 3.8) is 0 Å². The molecule has 0 aliphatic carbocycles. The minimum atomic E-state index is -3.73. The fourth-order valence-electron chi connectivity index (χ4n) is 1.36. The highest BCUT2D eigenvalue weighted by Crippen LogP contribution is 2.22. The molecule has 6 nitrogen and oxygen atoms in total. The third-order valence-electron chi connectivity index (χ3n) is 2.37. The van der Waals surface area contributed by atoms with E-state index in [2.05, 4.69) is 20.7 Å². The summed E-state index contributed by atoms with van der Waals surface area (Å²) in [6, 6.07) is 4.78. The maximum atomic E-state index is 11.9. The van der Waals surface area contributed by atoms with Crippen LogP contribution in [0, 0.1) is 6.92 Å². The normalized spacial score (nSPS) is 13.2. The summed E-state index contributed by atoms with van der Waals surface area (Å²) in [4.78, 5) is 10.5. The summed E-state index contributed by atoms with van der Waals surface area (Å²) in [7, 11) is -3.73. The van der Waals surface area contributed by atoms with Crippen LogP contribution in [0.1, 0.15) is 12.0 Å². The molecule has 0 aliphatic heterocycles. The highest BCUT2D eigenvalue weighted by molar-refractivity contribution is 9.10. The van der Waals surface area contributed by atoms with E-state index in [-0.39, 0.29) is 17.9 Å². The standard InChI is InChI=1S/C11H14BrNO5S/c1-7-2-3-10(8(12)6-7)19(17,18)13-5-4-9(14)11(15)16/h2-3,6,9,13-14H,4-5H2,1H3,(H,15,16)/t9-/m0/s1. The lowest BCUT2D eigenvalue weighted by Gasteiger charge is -2.10. The number of carbonyl (C=O) groups is 1. The highest BCUT2D eigenvalue weighted by Gasteiger charge is 2.19. The van der Waals surface area contributed by atoms with Gasteiger partial charge in [-0.25, -0.2) is 17.9 Å². The number of benzene rings is 1. The van der Waals surface area contributed by atoms with E-state index in [1.165, 1.54) is 6.07 Å². The van der Waals surface area contributed by atoms with E-state index in [9.17, 15) is 13.2 Å². The van der Waals surface area contributed by atoms with Gasteiger partial charge in [0.1, 0.15) is 0 Å². The molecule has 0 saturated carbocycles. The van der Waals surface area contributed by atoms with Crippen molar-refractivity contribution < 1.29 is 23.4 Å². The second-order valence-corrected chi connectivity index (χ2v) is 6.56. The molecular formula is C11H14BrNO5S. The lowest BCUT2D eigenvalue weighted by atomic mass is 10.2. The number of hydrogen-bond acceptors (Lipinski definition) is 4. The Morgan fingerprint density at radius 1 is 1.47 bits per heavy atom. The minimum Gasteiger partial charge on any atom is -0.479 e. The van der Waals surface area contributed by atoms with Crippen LogP contribution in [0.4, 0.5) is 0 Å². The van der Waals surface area contributed by atoms with Crippen molar-refractivity contribution in [2.45, 2.75) is 24.3 Å². The maximum absolute atomic E-state index is 11.9. The molecule has 0 saturated heterocycles. The van der Waals surface area contributed by atoms with Gasteiger partial charge in [0.15, 0.2) is 6.10 Å². The number of carboxylic acids is 1. The Kier molecular flexibility index (Phi) is 5.48. The fraction of sp³-hybridized carbons (Fsp3) is 0.364. The van der Waals surface area contributed by atoms with Crippen LogP contribution in [0.15, 0.2) is 27.6 Å². The number of hydrogen-bond donors (Lipinski definition) is 3. The van der Waals surface area contributed by atoms with Crippen LogP contribution >= 0.6 is 15.9 Å². The van der Waals surface area contributed by atoms with Gasteiger partial charge in [0.2, 0.25) is 10.0 Å². The summed E-state index contributed by atoms with van der Waals surface area (Å²) in [6.45, 7) is 1.67. The quantitative estimate of drug-likeness (QED) is 0.705.